The number of benzene rings is 1. The average molecular weight is 366 g/mol. The predicted molar refractivity (Wildman–Crippen MR) is 102 cm³/mol. The summed E-state index contributed by atoms with van der Waals surface area (Å²) in [5.41, 5.74) is 0.668. The molecule has 0 saturated heterocycles. The Balaban J connectivity index is 1.65. The van der Waals surface area contributed by atoms with E-state index in [1.165, 1.54) is 6.42 Å². The second kappa shape index (κ2) is 7.22. The molecule has 1 fully saturated rings. The minimum Gasteiger partial charge on any atom is -0.467 e. The fourth-order valence-electron chi connectivity index (χ4n) is 4.31. The molecular weight excluding hydrogens is 340 g/mol. The molecule has 1 aliphatic carbocycles. The summed E-state index contributed by atoms with van der Waals surface area (Å²) in [6.45, 7) is 2.16. The van der Waals surface area contributed by atoms with Crippen LogP contribution in [0.5, 0.6) is 0 Å². The monoisotopic (exact) mass is 366 g/mol. The normalized spacial score (nSPS) is 23.1. The first-order valence-electron chi connectivity index (χ1n) is 9.81. The van der Waals surface area contributed by atoms with Crippen molar-refractivity contribution in [3.05, 3.63) is 59.5 Å². The maximum Gasteiger partial charge on any atom is 0.255 e. The third-order valence-corrected chi connectivity index (χ3v) is 5.95. The topological polar surface area (TPSA) is 62.6 Å². The highest BCUT2D eigenvalue weighted by atomic mass is 16.3. The molecule has 4 rings (SSSR count). The highest BCUT2D eigenvalue weighted by molar-refractivity contribution is 6.02. The van der Waals surface area contributed by atoms with E-state index in [0.717, 1.165) is 31.2 Å². The maximum absolute atomic E-state index is 13.3. The molecule has 2 aliphatic rings. The van der Waals surface area contributed by atoms with E-state index in [9.17, 15) is 9.59 Å². The highest BCUT2D eigenvalue weighted by Crippen LogP contribution is 2.33. The summed E-state index contributed by atoms with van der Waals surface area (Å²) in [7, 11) is 0. The van der Waals surface area contributed by atoms with Gasteiger partial charge in [-0.05, 0) is 43.5 Å². The van der Waals surface area contributed by atoms with Crippen molar-refractivity contribution in [1.82, 2.24) is 10.2 Å². The molecule has 5 heteroatoms. The van der Waals surface area contributed by atoms with Crippen LogP contribution < -0.4 is 5.32 Å². The van der Waals surface area contributed by atoms with Gasteiger partial charge in [0.15, 0.2) is 0 Å². The lowest BCUT2D eigenvalue weighted by atomic mass is 9.82. The quantitative estimate of drug-likeness (QED) is 0.898. The van der Waals surface area contributed by atoms with Gasteiger partial charge in [0.2, 0.25) is 5.91 Å². The molecule has 1 aromatic carbocycles. The van der Waals surface area contributed by atoms with Crippen molar-refractivity contribution < 1.29 is 14.0 Å². The van der Waals surface area contributed by atoms with Crippen molar-refractivity contribution in [3.8, 4) is 0 Å². The van der Waals surface area contributed by atoms with Gasteiger partial charge in [-0.15, -0.1) is 0 Å². The van der Waals surface area contributed by atoms with Gasteiger partial charge in [0.1, 0.15) is 11.3 Å². The summed E-state index contributed by atoms with van der Waals surface area (Å²) in [4.78, 5) is 28.3. The van der Waals surface area contributed by atoms with E-state index in [1.807, 2.05) is 37.3 Å². The number of rotatable bonds is 4. The molecule has 27 heavy (non-hydrogen) atoms. The third kappa shape index (κ3) is 3.38. The third-order valence-electron chi connectivity index (χ3n) is 5.95. The van der Waals surface area contributed by atoms with E-state index >= 15 is 0 Å². The van der Waals surface area contributed by atoms with Crippen molar-refractivity contribution in [1.29, 1.82) is 0 Å². The van der Waals surface area contributed by atoms with Crippen LogP contribution in [0.2, 0.25) is 0 Å². The van der Waals surface area contributed by atoms with Crippen LogP contribution in [0.4, 0.5) is 0 Å². The number of amides is 2. The molecule has 2 amide bonds. The number of carbonyl (C=O) groups is 2. The van der Waals surface area contributed by atoms with E-state index in [2.05, 4.69) is 5.32 Å². The molecule has 0 radical (unpaired) electrons. The molecule has 142 valence electrons. The second-order valence-electron chi connectivity index (χ2n) is 7.89. The van der Waals surface area contributed by atoms with Gasteiger partial charge >= 0.3 is 0 Å². The summed E-state index contributed by atoms with van der Waals surface area (Å²) in [5, 5.41) is 3.23. The number of nitrogens with one attached hydrogen (secondary N) is 1. The Morgan fingerprint density at radius 3 is 2.70 bits per heavy atom. The van der Waals surface area contributed by atoms with Crippen LogP contribution in [0, 0.1) is 0 Å². The van der Waals surface area contributed by atoms with Crippen molar-refractivity contribution in [2.24, 2.45) is 0 Å². The van der Waals surface area contributed by atoms with Gasteiger partial charge in [0.25, 0.3) is 5.91 Å². The average Bonchev–Trinajstić information content (AvgIpc) is 3.19. The van der Waals surface area contributed by atoms with Crippen LogP contribution in [0.15, 0.2) is 47.1 Å². The van der Waals surface area contributed by atoms with Gasteiger partial charge in [-0.2, -0.15) is 0 Å². The van der Waals surface area contributed by atoms with Gasteiger partial charge < -0.3 is 14.6 Å². The van der Waals surface area contributed by atoms with Crippen LogP contribution >= 0.6 is 0 Å². The van der Waals surface area contributed by atoms with Gasteiger partial charge in [-0.1, -0.05) is 37.5 Å². The number of fused-ring (bicyclic) bond motifs is 1. The van der Waals surface area contributed by atoms with E-state index in [4.69, 9.17) is 4.42 Å². The zero-order valence-corrected chi connectivity index (χ0v) is 15.7. The SMILES string of the molecule is C[C@]1(C(=O)NC2CCCCC2)Cc2ccccc2C(=O)N1Cc1ccco1. The molecule has 0 spiro atoms. The Morgan fingerprint density at radius 2 is 1.96 bits per heavy atom. The molecule has 5 nitrogen and oxygen atoms in total. The lowest BCUT2D eigenvalue weighted by molar-refractivity contribution is -0.133. The van der Waals surface area contributed by atoms with Gasteiger partial charge in [-0.25, -0.2) is 0 Å². The van der Waals surface area contributed by atoms with Crippen LogP contribution in [0.25, 0.3) is 0 Å². The van der Waals surface area contributed by atoms with Crippen LogP contribution in [-0.2, 0) is 17.8 Å². The zero-order valence-electron chi connectivity index (χ0n) is 15.7. The maximum atomic E-state index is 13.3. The standard InChI is InChI=1S/C22H26N2O3/c1-22(21(26)23-17-9-3-2-4-10-17)14-16-8-5-6-12-19(16)20(25)24(22)15-18-11-7-13-27-18/h5-8,11-13,17H,2-4,9-10,14-15H2,1H3,(H,23,26)/t22-/m1/s1. The Kier molecular flexibility index (Phi) is 4.77. The number of furan rings is 1. The first kappa shape index (κ1) is 17.8. The van der Waals surface area contributed by atoms with Gasteiger partial charge in [0.05, 0.1) is 12.8 Å². The lowest BCUT2D eigenvalue weighted by Crippen LogP contribution is -2.63. The second-order valence-corrected chi connectivity index (χ2v) is 7.89. The summed E-state index contributed by atoms with van der Waals surface area (Å²) in [6, 6.07) is 11.4. The van der Waals surface area contributed by atoms with Crippen LogP contribution in [0.3, 0.4) is 0 Å². The highest BCUT2D eigenvalue weighted by Gasteiger charge is 2.47. The summed E-state index contributed by atoms with van der Waals surface area (Å²) >= 11 is 0. The molecular formula is C22H26N2O3. The molecule has 2 aromatic rings. The van der Waals surface area contributed by atoms with Crippen molar-refractivity contribution >= 4 is 11.8 Å². The molecule has 1 aromatic heterocycles. The minimum absolute atomic E-state index is 0.0659. The van der Waals surface area contributed by atoms with Crippen molar-refractivity contribution in [3.63, 3.8) is 0 Å². The summed E-state index contributed by atoms with van der Waals surface area (Å²) in [5.74, 6) is 0.498. The molecule has 2 heterocycles. The van der Waals surface area contributed by atoms with E-state index in [-0.39, 0.29) is 24.4 Å². The number of carbonyl (C=O) groups excluding carboxylic acids is 2. The zero-order chi connectivity index (χ0) is 18.9. The Bertz CT molecular complexity index is 824. The predicted octanol–water partition coefficient (Wildman–Crippen LogP) is 3.69. The summed E-state index contributed by atoms with van der Waals surface area (Å²) < 4.78 is 5.47. The number of hydrogen-bond acceptors (Lipinski definition) is 3. The van der Waals surface area contributed by atoms with E-state index in [1.54, 1.807) is 17.2 Å². The van der Waals surface area contributed by atoms with Crippen LogP contribution in [0.1, 0.15) is 60.7 Å². The molecule has 0 unspecified atom stereocenters. The molecule has 1 atom stereocenters. The number of hydrogen-bond donors (Lipinski definition) is 1. The van der Waals surface area contributed by atoms with E-state index in [0.29, 0.717) is 17.7 Å². The molecule has 0 bridgehead atoms. The Labute approximate surface area is 159 Å². The molecule has 1 saturated carbocycles. The molecule has 1 aliphatic heterocycles. The Hall–Kier alpha value is -2.56. The van der Waals surface area contributed by atoms with Gasteiger partial charge in [0, 0.05) is 18.0 Å². The van der Waals surface area contributed by atoms with E-state index < -0.39 is 5.54 Å². The van der Waals surface area contributed by atoms with Crippen molar-refractivity contribution in [2.45, 2.75) is 63.6 Å². The first-order valence-corrected chi connectivity index (χ1v) is 9.81. The number of nitrogens with zero attached hydrogens (tertiary/aromatic N) is 1. The smallest absolute Gasteiger partial charge is 0.255 e. The first-order chi connectivity index (χ1) is 13.1. The largest absolute Gasteiger partial charge is 0.467 e. The lowest BCUT2D eigenvalue weighted by Gasteiger charge is -2.44. The Morgan fingerprint density at radius 1 is 1.19 bits per heavy atom. The van der Waals surface area contributed by atoms with Crippen LogP contribution in [-0.4, -0.2) is 28.3 Å². The minimum atomic E-state index is -0.935. The fourth-order valence-corrected chi connectivity index (χ4v) is 4.31. The summed E-state index contributed by atoms with van der Waals surface area (Å²) in [6.07, 6.45) is 7.68. The van der Waals surface area contributed by atoms with Crippen molar-refractivity contribution in [2.75, 3.05) is 0 Å². The molecule has 1 N–H and O–H groups in total. The van der Waals surface area contributed by atoms with Gasteiger partial charge in [-0.3, -0.25) is 9.59 Å². The fraction of sp³-hybridized carbons (Fsp3) is 0.455.